The first-order chi connectivity index (χ1) is 18.6. The zero-order valence-electron chi connectivity index (χ0n) is 22.0. The summed E-state index contributed by atoms with van der Waals surface area (Å²) in [6, 6.07) is 11.1. The van der Waals surface area contributed by atoms with Crippen molar-refractivity contribution in [1.29, 1.82) is 0 Å². The van der Waals surface area contributed by atoms with Gasteiger partial charge in [0.15, 0.2) is 6.61 Å². The Morgan fingerprint density at radius 2 is 1.87 bits per heavy atom. The van der Waals surface area contributed by atoms with E-state index in [0.29, 0.717) is 41.8 Å². The number of hydrogen-bond acceptors (Lipinski definition) is 8. The average molecular weight is 581 g/mol. The first kappa shape index (κ1) is 29.4. The minimum Gasteiger partial charge on any atom is -0.482 e. The van der Waals surface area contributed by atoms with Gasteiger partial charge >= 0.3 is 12.1 Å². The van der Waals surface area contributed by atoms with Crippen molar-refractivity contribution in [3.05, 3.63) is 64.2 Å². The van der Waals surface area contributed by atoms with Gasteiger partial charge in [-0.15, -0.1) is 23.1 Å². The molecule has 2 aromatic carbocycles. The van der Waals surface area contributed by atoms with Crippen LogP contribution in [-0.2, 0) is 32.7 Å². The van der Waals surface area contributed by atoms with E-state index in [2.05, 4.69) is 29.6 Å². The van der Waals surface area contributed by atoms with Crippen LogP contribution in [0, 0.1) is 0 Å². The molecule has 1 aliphatic rings. The molecule has 0 aliphatic carbocycles. The Hall–Kier alpha value is -2.60. The number of ether oxygens (including phenoxy) is 3. The van der Waals surface area contributed by atoms with Crippen LogP contribution in [0.3, 0.4) is 0 Å². The van der Waals surface area contributed by atoms with E-state index in [-0.39, 0.29) is 12.5 Å². The van der Waals surface area contributed by atoms with E-state index < -0.39 is 17.7 Å². The van der Waals surface area contributed by atoms with Gasteiger partial charge in [0, 0.05) is 40.7 Å². The number of esters is 1. The van der Waals surface area contributed by atoms with Gasteiger partial charge in [-0.1, -0.05) is 26.0 Å². The fourth-order valence-corrected chi connectivity index (χ4v) is 6.18. The molecule has 2 heterocycles. The van der Waals surface area contributed by atoms with E-state index in [4.69, 9.17) is 14.5 Å². The van der Waals surface area contributed by atoms with Gasteiger partial charge in [-0.05, 0) is 41.8 Å². The molecule has 0 saturated carbocycles. The molecule has 1 aliphatic heterocycles. The molecule has 210 valence electrons. The molecule has 0 radical (unpaired) electrons. The first-order valence-corrected chi connectivity index (χ1v) is 14.4. The number of aromatic nitrogens is 1. The molecule has 3 aromatic rings. The molecule has 0 bridgehead atoms. The highest BCUT2D eigenvalue weighted by Gasteiger charge is 2.30. The molecule has 1 fully saturated rings. The monoisotopic (exact) mass is 580 g/mol. The van der Waals surface area contributed by atoms with Crippen LogP contribution in [0.1, 0.15) is 41.5 Å². The Morgan fingerprint density at radius 1 is 1.15 bits per heavy atom. The lowest BCUT2D eigenvalue weighted by Crippen LogP contribution is -2.35. The molecule has 0 N–H and O–H groups in total. The smallest absolute Gasteiger partial charge is 0.416 e. The van der Waals surface area contributed by atoms with Crippen molar-refractivity contribution in [3.8, 4) is 16.3 Å². The average Bonchev–Trinajstić information content (AvgIpc) is 3.33. The topological polar surface area (TPSA) is 60.9 Å². The number of carbonyl (C=O) groups is 1. The highest BCUT2D eigenvalue weighted by molar-refractivity contribution is 7.98. The van der Waals surface area contributed by atoms with Gasteiger partial charge in [-0.2, -0.15) is 13.2 Å². The molecule has 1 aromatic heterocycles. The first-order valence-electron chi connectivity index (χ1n) is 12.6. The second-order valence-corrected chi connectivity index (χ2v) is 11.5. The van der Waals surface area contributed by atoms with Crippen LogP contribution < -0.4 is 4.74 Å². The van der Waals surface area contributed by atoms with Crippen molar-refractivity contribution in [2.75, 3.05) is 40.0 Å². The van der Waals surface area contributed by atoms with Crippen LogP contribution in [0.4, 0.5) is 13.2 Å². The van der Waals surface area contributed by atoms with E-state index in [9.17, 15) is 18.0 Å². The number of thioether (sulfide) groups is 1. The predicted molar refractivity (Wildman–Crippen MR) is 146 cm³/mol. The number of halogens is 3. The fourth-order valence-electron chi connectivity index (χ4n) is 4.06. The summed E-state index contributed by atoms with van der Waals surface area (Å²) in [6.07, 6.45) is -4.38. The zero-order chi connectivity index (χ0) is 28.0. The molecule has 4 rings (SSSR count). The minimum absolute atomic E-state index is 0.152. The van der Waals surface area contributed by atoms with Crippen molar-refractivity contribution in [1.82, 2.24) is 9.88 Å². The highest BCUT2D eigenvalue weighted by atomic mass is 32.2. The Balaban J connectivity index is 1.55. The molecule has 6 nitrogen and oxygen atoms in total. The van der Waals surface area contributed by atoms with E-state index in [1.807, 2.05) is 12.1 Å². The molecule has 11 heteroatoms. The lowest BCUT2D eigenvalue weighted by molar-refractivity contribution is -0.143. The SMILES string of the molecule is COC(=O)COc1ccc(SCc2sc(-c3ccc(C(F)(F)F)cc3)nc2CN2CCOCC2)cc1C(C)C. The highest BCUT2D eigenvalue weighted by Crippen LogP contribution is 2.37. The molecular formula is C28H31F3N2O4S2. The Labute approximate surface area is 234 Å². The summed E-state index contributed by atoms with van der Waals surface area (Å²) in [5, 5.41) is 0.706. The predicted octanol–water partition coefficient (Wildman–Crippen LogP) is 6.63. The van der Waals surface area contributed by atoms with Gasteiger partial charge in [0.05, 0.1) is 31.6 Å². The third kappa shape index (κ3) is 7.97. The molecule has 0 unspecified atom stereocenters. The van der Waals surface area contributed by atoms with Crippen molar-refractivity contribution >= 4 is 29.1 Å². The number of hydrogen-bond donors (Lipinski definition) is 0. The summed E-state index contributed by atoms with van der Waals surface area (Å²) in [5.74, 6) is 1.06. The van der Waals surface area contributed by atoms with Crippen LogP contribution >= 0.6 is 23.1 Å². The Kier molecular flexibility index (Phi) is 9.92. The van der Waals surface area contributed by atoms with Crippen LogP contribution in [0.2, 0.25) is 0 Å². The van der Waals surface area contributed by atoms with Crippen molar-refractivity contribution in [2.24, 2.45) is 0 Å². The van der Waals surface area contributed by atoms with Crippen molar-refractivity contribution in [3.63, 3.8) is 0 Å². The summed E-state index contributed by atoms with van der Waals surface area (Å²) in [7, 11) is 1.32. The number of methoxy groups -OCH3 is 1. The summed E-state index contributed by atoms with van der Waals surface area (Å²) >= 11 is 3.18. The van der Waals surface area contributed by atoms with Crippen LogP contribution in [-0.4, -0.2) is 55.9 Å². The maximum atomic E-state index is 13.1. The maximum absolute atomic E-state index is 13.1. The normalized spacial score (nSPS) is 14.5. The zero-order valence-corrected chi connectivity index (χ0v) is 23.7. The lowest BCUT2D eigenvalue weighted by Gasteiger charge is -2.26. The van der Waals surface area contributed by atoms with Crippen molar-refractivity contribution in [2.45, 2.75) is 43.1 Å². The summed E-state index contributed by atoms with van der Waals surface area (Å²) < 4.78 is 55.0. The van der Waals surface area contributed by atoms with E-state index in [1.54, 1.807) is 11.8 Å². The maximum Gasteiger partial charge on any atom is 0.416 e. The molecule has 0 atom stereocenters. The Bertz CT molecular complexity index is 1260. The van der Waals surface area contributed by atoms with Gasteiger partial charge in [0.1, 0.15) is 10.8 Å². The second-order valence-electron chi connectivity index (χ2n) is 9.36. The third-order valence-corrected chi connectivity index (χ3v) is 8.61. The van der Waals surface area contributed by atoms with Gasteiger partial charge in [-0.25, -0.2) is 9.78 Å². The quantitative estimate of drug-likeness (QED) is 0.197. The molecule has 0 spiro atoms. The summed E-state index contributed by atoms with van der Waals surface area (Å²) in [4.78, 5) is 20.8. The van der Waals surface area contributed by atoms with E-state index >= 15 is 0 Å². The summed E-state index contributed by atoms with van der Waals surface area (Å²) in [5.41, 5.74) is 1.92. The van der Waals surface area contributed by atoms with Crippen LogP contribution in [0.15, 0.2) is 47.4 Å². The number of benzene rings is 2. The third-order valence-electron chi connectivity index (χ3n) is 6.26. The van der Waals surface area contributed by atoms with Gasteiger partial charge in [0.25, 0.3) is 0 Å². The number of alkyl halides is 3. The van der Waals surface area contributed by atoms with Gasteiger partial charge in [-0.3, -0.25) is 4.90 Å². The van der Waals surface area contributed by atoms with Gasteiger partial charge < -0.3 is 14.2 Å². The molecule has 1 saturated heterocycles. The molecule has 0 amide bonds. The number of morpholine rings is 1. The fraction of sp³-hybridized carbons (Fsp3) is 0.429. The molecule has 39 heavy (non-hydrogen) atoms. The van der Waals surface area contributed by atoms with Crippen LogP contribution in [0.5, 0.6) is 5.75 Å². The summed E-state index contributed by atoms with van der Waals surface area (Å²) in [6.45, 7) is 7.60. The number of rotatable bonds is 10. The minimum atomic E-state index is -4.38. The molecular weight excluding hydrogens is 549 g/mol. The van der Waals surface area contributed by atoms with E-state index in [0.717, 1.165) is 46.3 Å². The standard InChI is InChI=1S/C28H31F3N2O4S2/c1-18(2)22-14-21(8-9-24(22)37-16-26(34)35-3)38-17-25-23(15-33-10-12-36-13-11-33)32-27(39-25)19-4-6-20(7-5-19)28(29,30)31/h4-9,14,18H,10-13,15-17H2,1-3H3. The lowest BCUT2D eigenvalue weighted by atomic mass is 10.0. The number of thiazole rings is 1. The largest absolute Gasteiger partial charge is 0.482 e. The number of carbonyl (C=O) groups excluding carboxylic acids is 1. The van der Waals surface area contributed by atoms with Crippen LogP contribution in [0.25, 0.3) is 10.6 Å². The van der Waals surface area contributed by atoms with Gasteiger partial charge in [0.2, 0.25) is 0 Å². The second kappa shape index (κ2) is 13.2. The Morgan fingerprint density at radius 3 is 2.51 bits per heavy atom. The number of nitrogens with zero attached hydrogens (tertiary/aromatic N) is 2. The van der Waals surface area contributed by atoms with E-state index in [1.165, 1.54) is 30.6 Å². The van der Waals surface area contributed by atoms with Crippen molar-refractivity contribution < 1.29 is 32.2 Å².